The van der Waals surface area contributed by atoms with Crippen LogP contribution in [0.3, 0.4) is 0 Å². The van der Waals surface area contributed by atoms with Crippen LogP contribution in [0, 0.1) is 11.3 Å². The molecule has 0 atom stereocenters. The summed E-state index contributed by atoms with van der Waals surface area (Å²) >= 11 is 1.68. The Morgan fingerprint density at radius 2 is 1.68 bits per heavy atom. The lowest BCUT2D eigenvalue weighted by molar-refractivity contribution is -0.139. The average Bonchev–Trinajstić information content (AvgIpc) is 3.48. The molecule has 184 valence electrons. The van der Waals surface area contributed by atoms with E-state index in [0.717, 1.165) is 34.7 Å². The quantitative estimate of drug-likeness (QED) is 0.256. The lowest BCUT2D eigenvalue weighted by Crippen LogP contribution is -2.40. The lowest BCUT2D eigenvalue weighted by Gasteiger charge is -2.22. The fraction of sp³-hybridized carbons (Fsp3) is 0.172. The molecule has 0 bridgehead atoms. The van der Waals surface area contributed by atoms with Crippen LogP contribution in [0.2, 0.25) is 0 Å². The third kappa shape index (κ3) is 5.08. The van der Waals surface area contributed by atoms with Gasteiger partial charge in [-0.05, 0) is 69.9 Å². The highest BCUT2D eigenvalue weighted by Gasteiger charge is 2.47. The van der Waals surface area contributed by atoms with Crippen molar-refractivity contribution in [3.8, 4) is 16.5 Å². The van der Waals surface area contributed by atoms with Crippen molar-refractivity contribution in [3.63, 3.8) is 0 Å². The second-order valence-corrected chi connectivity index (χ2v) is 9.89. The molecule has 3 amide bonds. The Bertz CT molecular complexity index is 1530. The molecule has 4 aromatic rings. The normalized spacial score (nSPS) is 13.4. The van der Waals surface area contributed by atoms with E-state index in [4.69, 9.17) is 5.26 Å². The van der Waals surface area contributed by atoms with Gasteiger partial charge in [0.05, 0.1) is 11.6 Å². The van der Waals surface area contributed by atoms with Gasteiger partial charge in [-0.25, -0.2) is 0 Å². The molecule has 1 heterocycles. The maximum absolute atomic E-state index is 13.5. The summed E-state index contributed by atoms with van der Waals surface area (Å²) in [6.45, 7) is -0.248. The third-order valence-corrected chi connectivity index (χ3v) is 7.44. The van der Waals surface area contributed by atoms with E-state index in [9.17, 15) is 14.4 Å². The predicted molar refractivity (Wildman–Crippen MR) is 143 cm³/mol. The van der Waals surface area contributed by atoms with Gasteiger partial charge in [-0.15, -0.1) is 11.3 Å². The fourth-order valence-electron chi connectivity index (χ4n) is 4.51. The van der Waals surface area contributed by atoms with Crippen LogP contribution in [0.15, 0.2) is 78.2 Å². The lowest BCUT2D eigenvalue weighted by atomic mass is 9.93. The van der Waals surface area contributed by atoms with Gasteiger partial charge in [0, 0.05) is 17.0 Å². The number of amides is 3. The van der Waals surface area contributed by atoms with E-state index in [0.29, 0.717) is 11.1 Å². The Balaban J connectivity index is 1.40. The van der Waals surface area contributed by atoms with Crippen molar-refractivity contribution in [1.82, 2.24) is 16.0 Å². The Kier molecular flexibility index (Phi) is 6.71. The number of fused-ring (bicyclic) bond motifs is 1. The number of carbonyl (C=O) groups is 3. The van der Waals surface area contributed by atoms with Gasteiger partial charge in [0.25, 0.3) is 5.91 Å². The van der Waals surface area contributed by atoms with Gasteiger partial charge in [-0.2, -0.15) is 5.26 Å². The van der Waals surface area contributed by atoms with E-state index < -0.39 is 17.4 Å². The molecule has 0 spiro atoms. The Hall–Kier alpha value is -4.48. The summed E-state index contributed by atoms with van der Waals surface area (Å²) in [5.74, 6) is -1.99. The molecule has 1 fully saturated rings. The van der Waals surface area contributed by atoms with Crippen molar-refractivity contribution in [1.29, 1.82) is 5.26 Å². The van der Waals surface area contributed by atoms with Crippen LogP contribution < -0.4 is 16.0 Å². The van der Waals surface area contributed by atoms with E-state index in [2.05, 4.69) is 51.7 Å². The van der Waals surface area contributed by atoms with Gasteiger partial charge in [0.15, 0.2) is 0 Å². The smallest absolute Gasteiger partial charge is 0.310 e. The highest BCUT2D eigenvalue weighted by atomic mass is 32.1. The molecule has 37 heavy (non-hydrogen) atoms. The second kappa shape index (κ2) is 10.2. The molecule has 3 aromatic carbocycles. The fourth-order valence-corrected chi connectivity index (χ4v) is 5.23. The summed E-state index contributed by atoms with van der Waals surface area (Å²) < 4.78 is 0. The predicted octanol–water partition coefficient (Wildman–Crippen LogP) is 4.24. The SMILES string of the molecule is N#CCNC(=O)C(=O)NCc1ccccc1C(=O)NC1(c2cc(-c3cccs3)cc3ccccc23)CC1. The maximum Gasteiger partial charge on any atom is 0.310 e. The zero-order chi connectivity index (χ0) is 25.8. The Morgan fingerprint density at radius 3 is 2.43 bits per heavy atom. The average molecular weight is 509 g/mol. The highest BCUT2D eigenvalue weighted by Crippen LogP contribution is 2.49. The molecular formula is C29H24N4O3S. The molecule has 1 aliphatic carbocycles. The minimum atomic E-state index is -0.891. The van der Waals surface area contributed by atoms with Crippen LogP contribution in [0.4, 0.5) is 0 Å². The first-order valence-electron chi connectivity index (χ1n) is 11.9. The first-order chi connectivity index (χ1) is 18.0. The van der Waals surface area contributed by atoms with Crippen molar-refractivity contribution in [2.45, 2.75) is 24.9 Å². The van der Waals surface area contributed by atoms with Crippen molar-refractivity contribution in [3.05, 3.63) is 94.9 Å². The zero-order valence-electron chi connectivity index (χ0n) is 19.9. The minimum absolute atomic E-state index is 0.00614. The van der Waals surface area contributed by atoms with Gasteiger partial charge < -0.3 is 16.0 Å². The first-order valence-corrected chi connectivity index (χ1v) is 12.8. The van der Waals surface area contributed by atoms with E-state index in [-0.39, 0.29) is 19.0 Å². The van der Waals surface area contributed by atoms with E-state index in [1.807, 2.05) is 18.2 Å². The van der Waals surface area contributed by atoms with Gasteiger partial charge in [0.2, 0.25) is 0 Å². The van der Waals surface area contributed by atoms with Crippen molar-refractivity contribution >= 4 is 39.8 Å². The summed E-state index contributed by atoms with van der Waals surface area (Å²) in [5, 5.41) is 20.9. The number of nitriles is 1. The molecular weight excluding hydrogens is 484 g/mol. The third-order valence-electron chi connectivity index (χ3n) is 6.52. The molecule has 0 radical (unpaired) electrons. The summed E-state index contributed by atoms with van der Waals surface area (Å²) in [5.41, 5.74) is 2.78. The molecule has 1 aromatic heterocycles. The molecule has 0 aliphatic heterocycles. The summed E-state index contributed by atoms with van der Waals surface area (Å²) in [4.78, 5) is 38.5. The van der Waals surface area contributed by atoms with Gasteiger partial charge in [-0.3, -0.25) is 14.4 Å². The van der Waals surface area contributed by atoms with Crippen molar-refractivity contribution in [2.75, 3.05) is 6.54 Å². The topological polar surface area (TPSA) is 111 Å². The molecule has 7 nitrogen and oxygen atoms in total. The standard InChI is InChI=1S/C29H24N4O3S/c30-13-14-31-27(35)28(36)32-18-20-7-2-4-9-23(20)26(34)33-29(11-12-29)24-17-21(25-10-5-15-37-25)16-19-6-1-3-8-22(19)24/h1-10,15-17H,11-12,14,18H2,(H,31,35)(H,32,36)(H,33,34). The summed E-state index contributed by atoms with van der Waals surface area (Å²) in [7, 11) is 0. The molecule has 8 heteroatoms. The van der Waals surface area contributed by atoms with E-state index in [1.54, 1.807) is 41.7 Å². The molecule has 0 unspecified atom stereocenters. The van der Waals surface area contributed by atoms with Crippen molar-refractivity contribution in [2.24, 2.45) is 0 Å². The van der Waals surface area contributed by atoms with Crippen LogP contribution in [-0.2, 0) is 21.7 Å². The number of carbonyl (C=O) groups excluding carboxylic acids is 3. The number of nitrogens with one attached hydrogen (secondary N) is 3. The van der Waals surface area contributed by atoms with Crippen LogP contribution in [0.1, 0.15) is 34.3 Å². The zero-order valence-corrected chi connectivity index (χ0v) is 20.7. The number of hydrogen-bond acceptors (Lipinski definition) is 5. The van der Waals surface area contributed by atoms with Crippen molar-refractivity contribution < 1.29 is 14.4 Å². The van der Waals surface area contributed by atoms with Crippen LogP contribution in [-0.4, -0.2) is 24.3 Å². The largest absolute Gasteiger partial charge is 0.344 e. The molecule has 1 saturated carbocycles. The molecule has 5 rings (SSSR count). The highest BCUT2D eigenvalue weighted by molar-refractivity contribution is 7.13. The minimum Gasteiger partial charge on any atom is -0.344 e. The van der Waals surface area contributed by atoms with Crippen LogP contribution in [0.5, 0.6) is 0 Å². The number of benzene rings is 3. The number of thiophene rings is 1. The van der Waals surface area contributed by atoms with E-state index >= 15 is 0 Å². The summed E-state index contributed by atoms with van der Waals surface area (Å²) in [6.07, 6.45) is 1.66. The first kappa shape index (κ1) is 24.2. The number of nitrogens with zero attached hydrogens (tertiary/aromatic N) is 1. The van der Waals surface area contributed by atoms with Crippen LogP contribution >= 0.6 is 11.3 Å². The maximum atomic E-state index is 13.5. The Labute approximate surface area is 218 Å². The molecule has 1 aliphatic rings. The second-order valence-electron chi connectivity index (χ2n) is 8.94. The van der Waals surface area contributed by atoms with Gasteiger partial charge in [0.1, 0.15) is 6.54 Å². The van der Waals surface area contributed by atoms with Crippen LogP contribution in [0.25, 0.3) is 21.2 Å². The molecule has 0 saturated heterocycles. The molecule has 3 N–H and O–H groups in total. The summed E-state index contributed by atoms with van der Waals surface area (Å²) in [6, 6.07) is 25.5. The van der Waals surface area contributed by atoms with Gasteiger partial charge in [-0.1, -0.05) is 48.5 Å². The number of rotatable bonds is 7. The van der Waals surface area contributed by atoms with Gasteiger partial charge >= 0.3 is 11.8 Å². The Morgan fingerprint density at radius 1 is 0.919 bits per heavy atom. The van der Waals surface area contributed by atoms with E-state index in [1.165, 1.54) is 4.88 Å². The number of hydrogen-bond donors (Lipinski definition) is 3. The monoisotopic (exact) mass is 508 g/mol.